The van der Waals surface area contributed by atoms with Gasteiger partial charge < -0.3 is 5.32 Å². The maximum atomic E-state index is 3.27. The minimum absolute atomic E-state index is 0.404. The van der Waals surface area contributed by atoms with E-state index in [0.717, 1.165) is 0 Å². The monoisotopic (exact) mass is 185 g/mol. The van der Waals surface area contributed by atoms with Crippen LogP contribution in [-0.4, -0.2) is 7.05 Å². The molecule has 0 heterocycles. The molecule has 1 nitrogen and oxygen atoms in total. The van der Waals surface area contributed by atoms with Gasteiger partial charge in [0, 0.05) is 6.04 Å². The van der Waals surface area contributed by atoms with Gasteiger partial charge in [0.25, 0.3) is 0 Å². The third-order valence-electron chi connectivity index (χ3n) is 2.72. The minimum Gasteiger partial charge on any atom is -0.313 e. The maximum absolute atomic E-state index is 3.27. The first-order chi connectivity index (χ1) is 6.83. The Morgan fingerprint density at radius 2 is 1.71 bits per heavy atom. The van der Waals surface area contributed by atoms with Crippen LogP contribution in [0.15, 0.2) is 42.5 Å². The molecule has 2 aromatic rings. The number of benzene rings is 2. The average molecular weight is 185 g/mol. The second-order valence-corrected chi connectivity index (χ2v) is 3.58. The Hall–Kier alpha value is -1.34. The highest BCUT2D eigenvalue weighted by atomic mass is 14.8. The first kappa shape index (κ1) is 9.22. The van der Waals surface area contributed by atoms with E-state index in [-0.39, 0.29) is 0 Å². The van der Waals surface area contributed by atoms with E-state index in [4.69, 9.17) is 0 Å². The fourth-order valence-corrected chi connectivity index (χ4v) is 1.78. The van der Waals surface area contributed by atoms with Gasteiger partial charge in [0.15, 0.2) is 0 Å². The summed E-state index contributed by atoms with van der Waals surface area (Å²) < 4.78 is 0. The maximum Gasteiger partial charge on any atom is 0.0295 e. The summed E-state index contributed by atoms with van der Waals surface area (Å²) in [6.45, 7) is 2.18. The van der Waals surface area contributed by atoms with Gasteiger partial charge >= 0.3 is 0 Å². The van der Waals surface area contributed by atoms with Crippen molar-refractivity contribution in [2.45, 2.75) is 13.0 Å². The van der Waals surface area contributed by atoms with E-state index >= 15 is 0 Å². The van der Waals surface area contributed by atoms with Crippen LogP contribution < -0.4 is 5.32 Å². The zero-order valence-electron chi connectivity index (χ0n) is 8.62. The standard InChI is InChI=1S/C13H15N/c1-10(14-2)12-9-5-7-11-6-3-4-8-13(11)12/h3-10,14H,1-2H3/t10-/m1/s1. The van der Waals surface area contributed by atoms with Crippen molar-refractivity contribution in [2.24, 2.45) is 0 Å². The van der Waals surface area contributed by atoms with Gasteiger partial charge in [0.05, 0.1) is 0 Å². The van der Waals surface area contributed by atoms with E-state index in [1.807, 2.05) is 7.05 Å². The Kier molecular flexibility index (Phi) is 2.51. The summed E-state index contributed by atoms with van der Waals surface area (Å²) in [5, 5.41) is 5.93. The molecule has 0 saturated heterocycles. The average Bonchev–Trinajstić information content (AvgIpc) is 2.27. The number of fused-ring (bicyclic) bond motifs is 1. The van der Waals surface area contributed by atoms with Crippen molar-refractivity contribution < 1.29 is 0 Å². The molecular formula is C13H15N. The summed E-state index contributed by atoms with van der Waals surface area (Å²) in [5.41, 5.74) is 1.37. The van der Waals surface area contributed by atoms with Gasteiger partial charge in [0.2, 0.25) is 0 Å². The molecule has 2 aromatic carbocycles. The second-order valence-electron chi connectivity index (χ2n) is 3.58. The van der Waals surface area contributed by atoms with Crippen LogP contribution >= 0.6 is 0 Å². The lowest BCUT2D eigenvalue weighted by Crippen LogP contribution is -2.12. The number of rotatable bonds is 2. The summed E-state index contributed by atoms with van der Waals surface area (Å²) in [6.07, 6.45) is 0. The number of nitrogens with one attached hydrogen (secondary N) is 1. The van der Waals surface area contributed by atoms with Crippen LogP contribution in [0.25, 0.3) is 10.8 Å². The minimum atomic E-state index is 0.404. The van der Waals surface area contributed by atoms with Crippen molar-refractivity contribution in [2.75, 3.05) is 7.05 Å². The number of hydrogen-bond donors (Lipinski definition) is 1. The van der Waals surface area contributed by atoms with Crippen LogP contribution in [0.2, 0.25) is 0 Å². The largest absolute Gasteiger partial charge is 0.313 e. The SMILES string of the molecule is CN[C@H](C)c1cccc2ccccc12. The van der Waals surface area contributed by atoms with Crippen LogP contribution in [0.1, 0.15) is 18.5 Å². The fourth-order valence-electron chi connectivity index (χ4n) is 1.78. The highest BCUT2D eigenvalue weighted by Crippen LogP contribution is 2.23. The molecule has 0 radical (unpaired) electrons. The molecule has 72 valence electrons. The highest BCUT2D eigenvalue weighted by Gasteiger charge is 2.05. The van der Waals surface area contributed by atoms with Gasteiger partial charge in [-0.3, -0.25) is 0 Å². The molecule has 0 fully saturated rings. The Bertz CT molecular complexity index is 429. The quantitative estimate of drug-likeness (QED) is 0.758. The van der Waals surface area contributed by atoms with E-state index < -0.39 is 0 Å². The van der Waals surface area contributed by atoms with Gasteiger partial charge in [-0.2, -0.15) is 0 Å². The molecule has 0 aliphatic rings. The molecule has 0 amide bonds. The molecule has 0 saturated carbocycles. The van der Waals surface area contributed by atoms with E-state index in [1.165, 1.54) is 16.3 Å². The van der Waals surface area contributed by atoms with E-state index in [0.29, 0.717) is 6.04 Å². The normalized spacial score (nSPS) is 13.0. The van der Waals surface area contributed by atoms with Crippen molar-refractivity contribution in [1.29, 1.82) is 0 Å². The molecule has 0 aromatic heterocycles. The van der Waals surface area contributed by atoms with Crippen LogP contribution in [-0.2, 0) is 0 Å². The zero-order valence-corrected chi connectivity index (χ0v) is 8.62. The molecule has 0 aliphatic heterocycles. The van der Waals surface area contributed by atoms with Crippen molar-refractivity contribution >= 4 is 10.8 Å². The molecule has 1 atom stereocenters. The molecule has 2 rings (SSSR count). The van der Waals surface area contributed by atoms with Crippen LogP contribution in [0.4, 0.5) is 0 Å². The van der Waals surface area contributed by atoms with Crippen molar-refractivity contribution in [1.82, 2.24) is 5.32 Å². The van der Waals surface area contributed by atoms with Gasteiger partial charge in [0.1, 0.15) is 0 Å². The van der Waals surface area contributed by atoms with Crippen molar-refractivity contribution in [3.8, 4) is 0 Å². The fraction of sp³-hybridized carbons (Fsp3) is 0.231. The van der Waals surface area contributed by atoms with Crippen molar-refractivity contribution in [3.63, 3.8) is 0 Å². The molecular weight excluding hydrogens is 170 g/mol. The smallest absolute Gasteiger partial charge is 0.0295 e. The Morgan fingerprint density at radius 1 is 1.00 bits per heavy atom. The lowest BCUT2D eigenvalue weighted by molar-refractivity contribution is 0.657. The zero-order chi connectivity index (χ0) is 9.97. The van der Waals surface area contributed by atoms with Gasteiger partial charge in [-0.25, -0.2) is 0 Å². The molecule has 1 N–H and O–H groups in total. The molecule has 0 unspecified atom stereocenters. The summed E-state index contributed by atoms with van der Waals surface area (Å²) in [5.74, 6) is 0. The Labute approximate surface area is 84.8 Å². The topological polar surface area (TPSA) is 12.0 Å². The van der Waals surface area contributed by atoms with Gasteiger partial charge in [-0.1, -0.05) is 42.5 Å². The van der Waals surface area contributed by atoms with Crippen LogP contribution in [0, 0.1) is 0 Å². The number of hydrogen-bond acceptors (Lipinski definition) is 1. The first-order valence-electron chi connectivity index (χ1n) is 4.98. The predicted octanol–water partition coefficient (Wildman–Crippen LogP) is 3.12. The second kappa shape index (κ2) is 3.81. The third kappa shape index (κ3) is 1.51. The summed E-state index contributed by atoms with van der Waals surface area (Å²) in [7, 11) is 1.99. The molecule has 1 heteroatoms. The van der Waals surface area contributed by atoms with Crippen LogP contribution in [0.5, 0.6) is 0 Å². The molecule has 0 spiro atoms. The van der Waals surface area contributed by atoms with Crippen molar-refractivity contribution in [3.05, 3.63) is 48.0 Å². The predicted molar refractivity (Wildman–Crippen MR) is 61.4 cm³/mol. The highest BCUT2D eigenvalue weighted by molar-refractivity contribution is 5.86. The molecule has 0 aliphatic carbocycles. The van der Waals surface area contributed by atoms with Crippen LogP contribution in [0.3, 0.4) is 0 Å². The first-order valence-corrected chi connectivity index (χ1v) is 4.98. The lowest BCUT2D eigenvalue weighted by Gasteiger charge is -2.13. The Morgan fingerprint density at radius 3 is 2.50 bits per heavy atom. The van der Waals surface area contributed by atoms with Gasteiger partial charge in [-0.15, -0.1) is 0 Å². The van der Waals surface area contributed by atoms with E-state index in [9.17, 15) is 0 Å². The summed E-state index contributed by atoms with van der Waals surface area (Å²) >= 11 is 0. The summed E-state index contributed by atoms with van der Waals surface area (Å²) in [4.78, 5) is 0. The van der Waals surface area contributed by atoms with E-state index in [2.05, 4.69) is 54.7 Å². The third-order valence-corrected chi connectivity index (χ3v) is 2.72. The molecule has 14 heavy (non-hydrogen) atoms. The summed E-state index contributed by atoms with van der Waals surface area (Å²) in [6, 6.07) is 15.4. The van der Waals surface area contributed by atoms with E-state index in [1.54, 1.807) is 0 Å². The Balaban J connectivity index is 2.65. The molecule has 0 bridgehead atoms. The van der Waals surface area contributed by atoms with Gasteiger partial charge in [-0.05, 0) is 30.3 Å². The lowest BCUT2D eigenvalue weighted by atomic mass is 10.00.